The van der Waals surface area contributed by atoms with Gasteiger partial charge in [0.05, 0.1) is 0 Å². The maximum absolute atomic E-state index is 12.3. The van der Waals surface area contributed by atoms with Crippen LogP contribution in [0.2, 0.25) is 0 Å². The number of nitriles is 1. The lowest BCUT2D eigenvalue weighted by atomic mass is 10.1. The number of nitrogens with one attached hydrogen (secondary N) is 1. The number of carbonyl (C=O) groups is 1. The van der Waals surface area contributed by atoms with E-state index in [2.05, 4.69) is 10.3 Å². The van der Waals surface area contributed by atoms with Crippen LogP contribution < -0.4 is 10.1 Å². The van der Waals surface area contributed by atoms with E-state index in [9.17, 15) is 10.1 Å². The first-order valence-electron chi connectivity index (χ1n) is 8.35. The molecule has 1 N–H and O–H groups in total. The summed E-state index contributed by atoms with van der Waals surface area (Å²) in [5.74, 6) is 0.547. The van der Waals surface area contributed by atoms with Gasteiger partial charge in [-0.1, -0.05) is 48.5 Å². The molecule has 0 aliphatic heterocycles. The summed E-state index contributed by atoms with van der Waals surface area (Å²) in [6.07, 6.45) is 3.09. The third-order valence-corrected chi connectivity index (χ3v) is 3.69. The van der Waals surface area contributed by atoms with E-state index in [4.69, 9.17) is 4.74 Å². The lowest BCUT2D eigenvalue weighted by Crippen LogP contribution is -2.14. The first kappa shape index (κ1) is 20.7. The first-order valence-corrected chi connectivity index (χ1v) is 8.35. The number of carbonyl (C=O) groups excluding carboxylic acids is 1. The predicted octanol–water partition coefficient (Wildman–Crippen LogP) is 4.63. The van der Waals surface area contributed by atoms with Crippen LogP contribution in [0.25, 0.3) is 6.08 Å². The number of amides is 1. The Morgan fingerprint density at radius 2 is 1.86 bits per heavy atom. The first-order chi connectivity index (χ1) is 13.2. The zero-order chi connectivity index (χ0) is 18.9. The highest BCUT2D eigenvalue weighted by molar-refractivity contribution is 6.09. The summed E-state index contributed by atoms with van der Waals surface area (Å²) >= 11 is 0. The number of anilines is 1. The molecule has 1 amide bonds. The van der Waals surface area contributed by atoms with E-state index in [1.54, 1.807) is 36.5 Å². The summed E-state index contributed by atoms with van der Waals surface area (Å²) in [5, 5.41) is 11.9. The average molecular weight is 392 g/mol. The number of halogens is 1. The van der Waals surface area contributed by atoms with Crippen molar-refractivity contribution in [3.8, 4) is 11.8 Å². The fourth-order valence-electron chi connectivity index (χ4n) is 2.37. The lowest BCUT2D eigenvalue weighted by molar-refractivity contribution is -0.112. The highest BCUT2D eigenvalue weighted by Gasteiger charge is 2.10. The number of aromatic nitrogens is 1. The van der Waals surface area contributed by atoms with Gasteiger partial charge in [-0.15, -0.1) is 12.4 Å². The third kappa shape index (κ3) is 5.97. The summed E-state index contributed by atoms with van der Waals surface area (Å²) in [6.45, 7) is 0.444. The molecule has 0 atom stereocenters. The van der Waals surface area contributed by atoms with Crippen LogP contribution in [0.5, 0.6) is 5.75 Å². The maximum Gasteiger partial charge on any atom is 0.267 e. The van der Waals surface area contributed by atoms with Crippen LogP contribution in [0.15, 0.2) is 84.6 Å². The van der Waals surface area contributed by atoms with E-state index in [0.29, 0.717) is 23.7 Å². The van der Waals surface area contributed by atoms with Crippen molar-refractivity contribution >= 4 is 30.2 Å². The molecule has 0 radical (unpaired) electrons. The van der Waals surface area contributed by atoms with E-state index in [-0.39, 0.29) is 18.0 Å². The number of hydrogen-bond acceptors (Lipinski definition) is 4. The van der Waals surface area contributed by atoms with Gasteiger partial charge in [-0.25, -0.2) is 4.98 Å². The summed E-state index contributed by atoms with van der Waals surface area (Å²) < 4.78 is 5.78. The molecule has 3 aromatic rings. The van der Waals surface area contributed by atoms with Crippen molar-refractivity contribution in [2.75, 3.05) is 5.32 Å². The summed E-state index contributed by atoms with van der Waals surface area (Å²) in [7, 11) is 0. The van der Waals surface area contributed by atoms with E-state index in [1.807, 2.05) is 48.5 Å². The van der Waals surface area contributed by atoms with Gasteiger partial charge in [0, 0.05) is 6.20 Å². The topological polar surface area (TPSA) is 75.0 Å². The van der Waals surface area contributed by atoms with Crippen molar-refractivity contribution < 1.29 is 9.53 Å². The van der Waals surface area contributed by atoms with E-state index in [1.165, 1.54) is 6.08 Å². The average Bonchev–Trinajstić information content (AvgIpc) is 2.72. The SMILES string of the molecule is Cl.N#CC(=Cc1cccc(OCc2ccccc2)c1)C(=O)Nc1ccccn1. The van der Waals surface area contributed by atoms with Gasteiger partial charge < -0.3 is 10.1 Å². The van der Waals surface area contributed by atoms with Crippen molar-refractivity contribution in [1.82, 2.24) is 4.98 Å². The van der Waals surface area contributed by atoms with E-state index >= 15 is 0 Å². The zero-order valence-corrected chi connectivity index (χ0v) is 15.7. The summed E-state index contributed by atoms with van der Waals surface area (Å²) in [5.41, 5.74) is 1.75. The molecule has 140 valence electrons. The smallest absolute Gasteiger partial charge is 0.267 e. The van der Waals surface area contributed by atoms with Crippen molar-refractivity contribution in [3.05, 3.63) is 95.7 Å². The van der Waals surface area contributed by atoms with Gasteiger partial charge in [-0.2, -0.15) is 5.26 Å². The Labute approximate surface area is 169 Å². The quantitative estimate of drug-likeness (QED) is 0.491. The number of rotatable bonds is 6. The van der Waals surface area contributed by atoms with Crippen LogP contribution in [-0.2, 0) is 11.4 Å². The Hall–Kier alpha value is -3.62. The van der Waals surface area contributed by atoms with Gasteiger partial charge in [0.15, 0.2) is 0 Å². The van der Waals surface area contributed by atoms with Crippen molar-refractivity contribution in [3.63, 3.8) is 0 Å². The minimum Gasteiger partial charge on any atom is -0.489 e. The zero-order valence-electron chi connectivity index (χ0n) is 14.9. The van der Waals surface area contributed by atoms with Crippen LogP contribution in [-0.4, -0.2) is 10.9 Å². The Balaban J connectivity index is 0.00000280. The van der Waals surface area contributed by atoms with Gasteiger partial charge in [-0.3, -0.25) is 4.79 Å². The molecule has 0 bridgehead atoms. The second kappa shape index (κ2) is 10.5. The Morgan fingerprint density at radius 3 is 2.57 bits per heavy atom. The van der Waals surface area contributed by atoms with Crippen LogP contribution in [0.3, 0.4) is 0 Å². The molecule has 3 rings (SSSR count). The highest BCUT2D eigenvalue weighted by atomic mass is 35.5. The second-order valence-corrected chi connectivity index (χ2v) is 5.69. The number of benzene rings is 2. The van der Waals surface area contributed by atoms with Gasteiger partial charge in [0.25, 0.3) is 5.91 Å². The van der Waals surface area contributed by atoms with Crippen molar-refractivity contribution in [2.45, 2.75) is 6.61 Å². The van der Waals surface area contributed by atoms with Crippen LogP contribution in [0.1, 0.15) is 11.1 Å². The minimum atomic E-state index is -0.508. The van der Waals surface area contributed by atoms with Crippen LogP contribution >= 0.6 is 12.4 Å². The minimum absolute atomic E-state index is 0. The molecule has 6 heteroatoms. The largest absolute Gasteiger partial charge is 0.489 e. The van der Waals surface area contributed by atoms with E-state index < -0.39 is 5.91 Å². The van der Waals surface area contributed by atoms with Crippen LogP contribution in [0, 0.1) is 11.3 Å². The molecular weight excluding hydrogens is 374 g/mol. The number of pyridine rings is 1. The normalized spacial score (nSPS) is 10.3. The number of hydrogen-bond donors (Lipinski definition) is 1. The van der Waals surface area contributed by atoms with Crippen molar-refractivity contribution in [2.24, 2.45) is 0 Å². The standard InChI is InChI=1S/C22H17N3O2.ClH/c23-15-19(22(26)25-21-11-4-5-12-24-21)13-18-9-6-10-20(14-18)27-16-17-7-2-1-3-8-17;/h1-14H,16H2,(H,24,25,26);1H. The van der Waals surface area contributed by atoms with Crippen LogP contribution in [0.4, 0.5) is 5.82 Å². The molecule has 5 nitrogen and oxygen atoms in total. The summed E-state index contributed by atoms with van der Waals surface area (Å²) in [4.78, 5) is 16.3. The molecule has 0 spiro atoms. The van der Waals surface area contributed by atoms with Gasteiger partial charge in [0.2, 0.25) is 0 Å². The summed E-state index contributed by atoms with van der Waals surface area (Å²) in [6, 6.07) is 24.2. The van der Waals surface area contributed by atoms with Gasteiger partial charge in [0.1, 0.15) is 29.8 Å². The highest BCUT2D eigenvalue weighted by Crippen LogP contribution is 2.18. The van der Waals surface area contributed by atoms with Crippen molar-refractivity contribution in [1.29, 1.82) is 5.26 Å². The third-order valence-electron chi connectivity index (χ3n) is 3.69. The molecule has 1 heterocycles. The number of nitrogens with zero attached hydrogens (tertiary/aromatic N) is 2. The fourth-order valence-corrected chi connectivity index (χ4v) is 2.37. The van der Waals surface area contributed by atoms with Gasteiger partial charge in [-0.05, 0) is 41.5 Å². The Bertz CT molecular complexity index is 983. The molecule has 0 fully saturated rings. The molecule has 28 heavy (non-hydrogen) atoms. The molecule has 0 saturated heterocycles. The molecule has 0 unspecified atom stereocenters. The maximum atomic E-state index is 12.3. The molecular formula is C22H18ClN3O2. The molecule has 0 saturated carbocycles. The Morgan fingerprint density at radius 1 is 1.07 bits per heavy atom. The molecule has 0 aliphatic carbocycles. The van der Waals surface area contributed by atoms with E-state index in [0.717, 1.165) is 5.56 Å². The molecule has 1 aromatic heterocycles. The van der Waals surface area contributed by atoms with Gasteiger partial charge >= 0.3 is 0 Å². The monoisotopic (exact) mass is 391 g/mol. The fraction of sp³-hybridized carbons (Fsp3) is 0.0455. The second-order valence-electron chi connectivity index (χ2n) is 5.69. The molecule has 2 aromatic carbocycles. The molecule has 0 aliphatic rings. The lowest BCUT2D eigenvalue weighted by Gasteiger charge is -2.07. The predicted molar refractivity (Wildman–Crippen MR) is 111 cm³/mol. The Kier molecular flexibility index (Phi) is 7.77. The number of ether oxygens (including phenoxy) is 1.